The second-order valence-electron chi connectivity index (χ2n) is 8.44. The largest absolute Gasteiger partial charge is 0.384 e. The zero-order valence-electron chi connectivity index (χ0n) is 16.2. The van der Waals surface area contributed by atoms with Crippen molar-refractivity contribution in [2.75, 3.05) is 33.4 Å². The van der Waals surface area contributed by atoms with Crippen LogP contribution in [0.4, 0.5) is 0 Å². The molecule has 0 aromatic carbocycles. The van der Waals surface area contributed by atoms with Gasteiger partial charge in [-0.1, -0.05) is 0 Å². The van der Waals surface area contributed by atoms with E-state index in [9.17, 15) is 4.79 Å². The molecular weight excluding hydrogens is 344 g/mol. The van der Waals surface area contributed by atoms with Gasteiger partial charge >= 0.3 is 0 Å². The highest BCUT2D eigenvalue weighted by molar-refractivity contribution is 7.12. The van der Waals surface area contributed by atoms with Crippen molar-refractivity contribution in [2.24, 2.45) is 11.8 Å². The third kappa shape index (κ3) is 3.71. The molecule has 26 heavy (non-hydrogen) atoms. The highest BCUT2D eigenvalue weighted by Crippen LogP contribution is 2.36. The van der Waals surface area contributed by atoms with Crippen molar-refractivity contribution in [3.63, 3.8) is 0 Å². The van der Waals surface area contributed by atoms with Gasteiger partial charge in [0.15, 0.2) is 0 Å². The monoisotopic (exact) mass is 376 g/mol. The molecular formula is C21H32N2O2S. The van der Waals surface area contributed by atoms with Gasteiger partial charge < -0.3 is 10.1 Å². The fraction of sp³-hybridized carbons (Fsp3) is 0.762. The first kappa shape index (κ1) is 18.5. The van der Waals surface area contributed by atoms with Gasteiger partial charge in [-0.25, -0.2) is 0 Å². The molecule has 3 aliphatic rings. The first-order valence-electron chi connectivity index (χ1n) is 10.3. The molecule has 2 fully saturated rings. The molecule has 0 spiro atoms. The van der Waals surface area contributed by atoms with Crippen molar-refractivity contribution in [3.05, 3.63) is 20.9 Å². The van der Waals surface area contributed by atoms with Crippen LogP contribution in [-0.4, -0.2) is 50.2 Å². The van der Waals surface area contributed by atoms with Crippen LogP contribution in [0.3, 0.4) is 0 Å². The van der Waals surface area contributed by atoms with Gasteiger partial charge in [0.25, 0.3) is 5.91 Å². The molecule has 1 aromatic rings. The third-order valence-corrected chi connectivity index (χ3v) is 8.09. The Morgan fingerprint density at radius 3 is 2.65 bits per heavy atom. The van der Waals surface area contributed by atoms with Gasteiger partial charge in [-0.05, 0) is 63.4 Å². The maximum Gasteiger partial charge on any atom is 0.252 e. The molecule has 1 aliphatic carbocycles. The zero-order chi connectivity index (χ0) is 18.1. The number of aryl methyl sites for hydroxylation is 1. The number of fused-ring (bicyclic) bond motifs is 1. The summed E-state index contributed by atoms with van der Waals surface area (Å²) in [6, 6.07) is 0.818. The second-order valence-corrected chi connectivity index (χ2v) is 9.63. The molecule has 0 radical (unpaired) electrons. The van der Waals surface area contributed by atoms with Gasteiger partial charge in [0.05, 0.1) is 12.2 Å². The first-order chi connectivity index (χ1) is 12.7. The van der Waals surface area contributed by atoms with E-state index in [1.165, 1.54) is 60.5 Å². The van der Waals surface area contributed by atoms with Crippen LogP contribution in [0.15, 0.2) is 0 Å². The molecule has 144 valence electrons. The summed E-state index contributed by atoms with van der Waals surface area (Å²) in [5.74, 6) is 1.78. The number of amides is 1. The number of ether oxygens (including phenoxy) is 1. The van der Waals surface area contributed by atoms with Crippen molar-refractivity contribution in [1.29, 1.82) is 0 Å². The van der Waals surface area contributed by atoms with E-state index in [0.717, 1.165) is 49.4 Å². The average Bonchev–Trinajstić information content (AvgIpc) is 2.94. The van der Waals surface area contributed by atoms with Crippen LogP contribution < -0.4 is 5.32 Å². The molecule has 3 heterocycles. The Balaban J connectivity index is 1.24. The predicted octanol–water partition coefficient (Wildman–Crippen LogP) is 3.41. The number of nitrogens with one attached hydrogen (secondary N) is 1. The molecule has 1 amide bonds. The lowest BCUT2D eigenvalue weighted by Gasteiger charge is -2.46. The fourth-order valence-corrected chi connectivity index (χ4v) is 6.42. The topological polar surface area (TPSA) is 41.6 Å². The number of methoxy groups -OCH3 is 1. The lowest BCUT2D eigenvalue weighted by atomic mass is 9.81. The Morgan fingerprint density at radius 1 is 1.19 bits per heavy atom. The third-order valence-electron chi connectivity index (χ3n) is 6.68. The van der Waals surface area contributed by atoms with Crippen molar-refractivity contribution >= 4 is 17.2 Å². The van der Waals surface area contributed by atoms with Gasteiger partial charge in [0.1, 0.15) is 0 Å². The number of rotatable bonds is 6. The number of hydrogen-bond acceptors (Lipinski definition) is 4. The van der Waals surface area contributed by atoms with Crippen LogP contribution >= 0.6 is 11.3 Å². The van der Waals surface area contributed by atoms with Crippen LogP contribution in [0.25, 0.3) is 0 Å². The number of hydrogen-bond donors (Lipinski definition) is 1. The first-order valence-corrected chi connectivity index (χ1v) is 11.1. The lowest BCUT2D eigenvalue weighted by molar-refractivity contribution is -0.00893. The summed E-state index contributed by atoms with van der Waals surface area (Å²) in [6.45, 7) is 6.36. The van der Waals surface area contributed by atoms with E-state index in [-0.39, 0.29) is 5.91 Å². The number of carbonyl (C=O) groups is 1. The molecule has 4 nitrogen and oxygen atoms in total. The summed E-state index contributed by atoms with van der Waals surface area (Å²) in [6.07, 6.45) is 8.95. The predicted molar refractivity (Wildman–Crippen MR) is 106 cm³/mol. The zero-order valence-corrected chi connectivity index (χ0v) is 17.0. The standard InChI is InChI=1S/C21H32N2O2S/c1-14-18(26-19-9-10-22-21(24)20(14)19)8-5-15-3-6-17(7-4-15)23-11-16(12-23)13-25-2/h15-17H,3-13H2,1-2H3,(H,22,24). The molecule has 1 N–H and O–H groups in total. The van der Waals surface area contributed by atoms with Crippen molar-refractivity contribution in [2.45, 2.75) is 57.9 Å². The quantitative estimate of drug-likeness (QED) is 0.827. The van der Waals surface area contributed by atoms with E-state index >= 15 is 0 Å². The summed E-state index contributed by atoms with van der Waals surface area (Å²) in [4.78, 5) is 17.6. The molecule has 0 unspecified atom stereocenters. The Labute approximate surface area is 161 Å². The van der Waals surface area contributed by atoms with Gasteiger partial charge in [0, 0.05) is 48.5 Å². The van der Waals surface area contributed by atoms with E-state index in [1.54, 1.807) is 0 Å². The molecule has 0 atom stereocenters. The minimum absolute atomic E-state index is 0.146. The molecule has 1 saturated heterocycles. The summed E-state index contributed by atoms with van der Waals surface area (Å²) < 4.78 is 5.27. The van der Waals surface area contributed by atoms with Gasteiger partial charge in [0.2, 0.25) is 0 Å². The highest BCUT2D eigenvalue weighted by Gasteiger charge is 2.34. The smallest absolute Gasteiger partial charge is 0.252 e. The SMILES string of the molecule is COCC1CN(C2CCC(CCc3sc4c(c3C)C(=O)NCC4)CC2)C1. The Morgan fingerprint density at radius 2 is 1.96 bits per heavy atom. The van der Waals surface area contributed by atoms with Crippen LogP contribution in [0.5, 0.6) is 0 Å². The fourth-order valence-electron chi connectivity index (χ4n) is 5.10. The summed E-state index contributed by atoms with van der Waals surface area (Å²) in [5.41, 5.74) is 2.24. The Hall–Kier alpha value is -0.910. The van der Waals surface area contributed by atoms with E-state index in [0.29, 0.717) is 0 Å². The molecule has 2 aliphatic heterocycles. The number of carbonyl (C=O) groups excluding carboxylic acids is 1. The number of thiophene rings is 1. The van der Waals surface area contributed by atoms with Gasteiger partial charge in [-0.2, -0.15) is 0 Å². The van der Waals surface area contributed by atoms with E-state index < -0.39 is 0 Å². The normalized spacial score (nSPS) is 27.1. The molecule has 4 rings (SSSR count). The van der Waals surface area contributed by atoms with Crippen LogP contribution in [-0.2, 0) is 17.6 Å². The van der Waals surface area contributed by atoms with E-state index in [4.69, 9.17) is 4.74 Å². The van der Waals surface area contributed by atoms with Crippen molar-refractivity contribution < 1.29 is 9.53 Å². The highest BCUT2D eigenvalue weighted by atomic mass is 32.1. The van der Waals surface area contributed by atoms with Crippen molar-refractivity contribution in [3.8, 4) is 0 Å². The second kappa shape index (κ2) is 7.99. The van der Waals surface area contributed by atoms with Crippen LogP contribution in [0, 0.1) is 18.8 Å². The molecule has 1 aromatic heterocycles. The minimum Gasteiger partial charge on any atom is -0.384 e. The Kier molecular flexibility index (Phi) is 5.67. The van der Waals surface area contributed by atoms with Crippen LogP contribution in [0.1, 0.15) is 57.8 Å². The van der Waals surface area contributed by atoms with E-state index in [2.05, 4.69) is 17.1 Å². The average molecular weight is 377 g/mol. The lowest BCUT2D eigenvalue weighted by Crippen LogP contribution is -2.54. The molecule has 1 saturated carbocycles. The maximum atomic E-state index is 12.1. The minimum atomic E-state index is 0.146. The van der Waals surface area contributed by atoms with Gasteiger partial charge in [-0.15, -0.1) is 11.3 Å². The summed E-state index contributed by atoms with van der Waals surface area (Å²) in [5, 5.41) is 2.99. The van der Waals surface area contributed by atoms with Gasteiger partial charge in [-0.3, -0.25) is 9.69 Å². The Bertz CT molecular complexity index is 643. The molecule has 0 bridgehead atoms. The maximum absolute atomic E-state index is 12.1. The molecule has 5 heteroatoms. The van der Waals surface area contributed by atoms with Crippen molar-refractivity contribution in [1.82, 2.24) is 10.2 Å². The number of nitrogens with zero attached hydrogens (tertiary/aromatic N) is 1. The van der Waals surface area contributed by atoms with E-state index in [1.807, 2.05) is 18.4 Å². The summed E-state index contributed by atoms with van der Waals surface area (Å²) >= 11 is 1.90. The number of likely N-dealkylation sites (tertiary alicyclic amines) is 1. The van der Waals surface area contributed by atoms with Crippen LogP contribution in [0.2, 0.25) is 0 Å². The summed E-state index contributed by atoms with van der Waals surface area (Å²) in [7, 11) is 1.81.